The highest BCUT2D eigenvalue weighted by atomic mass is 16.5. The molecule has 0 aliphatic rings. The maximum atomic E-state index is 14.0. The van der Waals surface area contributed by atoms with Gasteiger partial charge in [-0.1, -0.05) is 116 Å². The average Bonchev–Trinajstić information content (AvgIpc) is 2.96. The fourth-order valence-corrected chi connectivity index (χ4v) is 4.44. The number of carbonyl (C=O) groups excluding carboxylic acids is 1. The van der Waals surface area contributed by atoms with Gasteiger partial charge in [-0.25, -0.2) is 0 Å². The molecule has 216 valence electrons. The van der Waals surface area contributed by atoms with Crippen molar-refractivity contribution in [3.8, 4) is 11.5 Å². The number of hydrogen-bond acceptors (Lipinski definition) is 4. The van der Waals surface area contributed by atoms with Crippen molar-refractivity contribution in [2.75, 3.05) is 19.8 Å². The first-order chi connectivity index (χ1) is 19.1. The summed E-state index contributed by atoms with van der Waals surface area (Å²) in [5.74, 6) is 1.38. The molecule has 4 heteroatoms. The molecule has 0 atom stereocenters. The molecule has 0 N–H and O–H groups in total. The fraction of sp³-hybridized carbons (Fsp3) is 0.571. The summed E-state index contributed by atoms with van der Waals surface area (Å²) in [6, 6.07) is 13.9. The Morgan fingerprint density at radius 1 is 0.692 bits per heavy atom. The zero-order valence-corrected chi connectivity index (χ0v) is 25.1. The Balaban J connectivity index is 2.34. The van der Waals surface area contributed by atoms with Crippen LogP contribution in [0, 0.1) is 0 Å². The molecule has 0 aliphatic carbocycles. The van der Waals surface area contributed by atoms with Gasteiger partial charge in [-0.3, -0.25) is 4.79 Å². The first-order valence-electron chi connectivity index (χ1n) is 15.5. The molecular weight excluding hydrogens is 484 g/mol. The van der Waals surface area contributed by atoms with Crippen LogP contribution in [0.25, 0.3) is 6.08 Å². The number of rotatable bonds is 22. The van der Waals surface area contributed by atoms with Gasteiger partial charge < -0.3 is 14.2 Å². The number of hydrogen-bond donors (Lipinski definition) is 0. The van der Waals surface area contributed by atoms with E-state index in [1.807, 2.05) is 36.4 Å². The summed E-state index contributed by atoms with van der Waals surface area (Å²) in [5.41, 5.74) is 2.70. The normalized spacial score (nSPS) is 11.4. The number of carbonyl (C=O) groups is 1. The molecule has 2 rings (SSSR count). The smallest absolute Gasteiger partial charge is 0.231 e. The molecule has 0 spiro atoms. The maximum absolute atomic E-state index is 14.0. The van der Waals surface area contributed by atoms with Gasteiger partial charge in [0.2, 0.25) is 5.78 Å². The maximum Gasteiger partial charge on any atom is 0.231 e. The van der Waals surface area contributed by atoms with Crippen molar-refractivity contribution in [1.82, 2.24) is 0 Å². The Morgan fingerprint density at radius 2 is 1.31 bits per heavy atom. The highest BCUT2D eigenvalue weighted by Gasteiger charge is 2.22. The van der Waals surface area contributed by atoms with Crippen LogP contribution in [-0.4, -0.2) is 25.6 Å². The molecule has 0 saturated heterocycles. The molecule has 0 unspecified atom stereocenters. The number of allylic oxidation sites excluding steroid dienone is 1. The van der Waals surface area contributed by atoms with Crippen molar-refractivity contribution in [3.05, 3.63) is 64.9 Å². The highest BCUT2D eigenvalue weighted by Crippen LogP contribution is 2.34. The number of para-hydroxylation sites is 1. The topological polar surface area (TPSA) is 44.8 Å². The van der Waals surface area contributed by atoms with Gasteiger partial charge in [-0.15, -0.1) is 0 Å². The molecule has 4 nitrogen and oxygen atoms in total. The third kappa shape index (κ3) is 12.3. The molecule has 0 heterocycles. The Kier molecular flexibility index (Phi) is 16.8. The van der Waals surface area contributed by atoms with Gasteiger partial charge in [0.1, 0.15) is 0 Å². The van der Waals surface area contributed by atoms with Crippen LogP contribution in [0.2, 0.25) is 0 Å². The lowest BCUT2D eigenvalue weighted by molar-refractivity contribution is 0.0914. The van der Waals surface area contributed by atoms with Crippen LogP contribution in [0.5, 0.6) is 11.5 Å². The molecule has 0 amide bonds. The van der Waals surface area contributed by atoms with E-state index in [0.29, 0.717) is 42.6 Å². The average molecular weight is 537 g/mol. The van der Waals surface area contributed by atoms with Gasteiger partial charge in [-0.05, 0) is 55.0 Å². The molecule has 39 heavy (non-hydrogen) atoms. The summed E-state index contributed by atoms with van der Waals surface area (Å²) >= 11 is 0. The van der Waals surface area contributed by atoms with Crippen LogP contribution < -0.4 is 9.47 Å². The molecule has 0 fully saturated rings. The summed E-state index contributed by atoms with van der Waals surface area (Å²) in [6.07, 6.45) is 16.1. The largest absolute Gasteiger partial charge is 0.490 e. The Hall–Kier alpha value is -2.75. The second kappa shape index (κ2) is 20.2. The summed E-state index contributed by atoms with van der Waals surface area (Å²) in [4.78, 5) is 14.0. The van der Waals surface area contributed by atoms with Crippen molar-refractivity contribution < 1.29 is 19.0 Å². The van der Waals surface area contributed by atoms with Crippen molar-refractivity contribution in [2.24, 2.45) is 0 Å². The van der Waals surface area contributed by atoms with Crippen LogP contribution in [-0.2, 0) is 11.2 Å². The molecular formula is C35H52O4. The minimum Gasteiger partial charge on any atom is -0.490 e. The number of Topliss-reactive ketones (excluding diaryl/α,β-unsaturated/α-hetero) is 1. The van der Waals surface area contributed by atoms with Gasteiger partial charge in [0.25, 0.3) is 0 Å². The summed E-state index contributed by atoms with van der Waals surface area (Å²) in [5, 5.41) is 0. The molecule has 0 aliphatic heterocycles. The number of unbranched alkanes of at least 4 members (excludes halogenated alkanes) is 9. The summed E-state index contributed by atoms with van der Waals surface area (Å²) in [6.45, 7) is 10.4. The summed E-state index contributed by atoms with van der Waals surface area (Å²) < 4.78 is 18.6. The first kappa shape index (κ1) is 32.5. The van der Waals surface area contributed by atoms with E-state index in [9.17, 15) is 4.79 Å². The minimum absolute atomic E-state index is 0.160. The van der Waals surface area contributed by atoms with Gasteiger partial charge in [0.15, 0.2) is 17.3 Å². The molecule has 2 aromatic carbocycles. The Labute approximate surface area is 238 Å². The number of aryl methyl sites for hydroxylation is 1. The molecule has 0 aromatic heterocycles. The third-order valence-electron chi connectivity index (χ3n) is 6.86. The predicted octanol–water partition coefficient (Wildman–Crippen LogP) is 9.99. The second-order valence-electron chi connectivity index (χ2n) is 10.3. The number of benzene rings is 2. The molecule has 0 saturated carbocycles. The van der Waals surface area contributed by atoms with E-state index in [0.717, 1.165) is 56.9 Å². The van der Waals surface area contributed by atoms with Crippen molar-refractivity contribution in [1.29, 1.82) is 0 Å². The van der Waals surface area contributed by atoms with Crippen molar-refractivity contribution in [2.45, 2.75) is 111 Å². The zero-order valence-electron chi connectivity index (χ0n) is 25.1. The quantitative estimate of drug-likeness (QED) is 0.0650. The highest BCUT2D eigenvalue weighted by molar-refractivity contribution is 6.12. The van der Waals surface area contributed by atoms with Crippen LogP contribution in [0.4, 0.5) is 0 Å². The lowest BCUT2D eigenvalue weighted by atomic mass is 10.0. The lowest BCUT2D eigenvalue weighted by Crippen LogP contribution is -2.12. The van der Waals surface area contributed by atoms with Crippen LogP contribution in [0.3, 0.4) is 0 Å². The van der Waals surface area contributed by atoms with Gasteiger partial charge >= 0.3 is 0 Å². The van der Waals surface area contributed by atoms with Crippen molar-refractivity contribution in [3.63, 3.8) is 0 Å². The standard InChI is InChI=1S/C35H52O4/c1-5-9-12-15-24-37-32-23-19-22-31(35(32)39-26-17-14-11-7-3)34(36)33(38-25-16-13-10-6-2)28-30-21-18-20-29(8-4)27-30/h18-23,27-28H,5-17,24-26H2,1-4H3. The SMILES string of the molecule is CCCCCCOC(=Cc1cccc(CC)c1)C(=O)c1cccc(OCCCCCC)c1OCCCCCC. The predicted molar refractivity (Wildman–Crippen MR) is 164 cm³/mol. The van der Waals surface area contributed by atoms with E-state index in [4.69, 9.17) is 14.2 Å². The Bertz CT molecular complexity index is 978. The van der Waals surface area contributed by atoms with Gasteiger partial charge in [0.05, 0.1) is 25.4 Å². The Morgan fingerprint density at radius 3 is 1.95 bits per heavy atom. The number of ether oxygens (including phenoxy) is 3. The first-order valence-corrected chi connectivity index (χ1v) is 15.5. The number of ketones is 1. The summed E-state index contributed by atoms with van der Waals surface area (Å²) in [7, 11) is 0. The minimum atomic E-state index is -0.160. The van der Waals surface area contributed by atoms with Crippen LogP contribution >= 0.6 is 0 Å². The lowest BCUT2D eigenvalue weighted by Gasteiger charge is -2.17. The van der Waals surface area contributed by atoms with Crippen LogP contribution in [0.1, 0.15) is 126 Å². The molecule has 2 aromatic rings. The van der Waals surface area contributed by atoms with Crippen molar-refractivity contribution >= 4 is 11.9 Å². The molecule has 0 radical (unpaired) electrons. The fourth-order valence-electron chi connectivity index (χ4n) is 4.44. The molecule has 0 bridgehead atoms. The van der Waals surface area contributed by atoms with Gasteiger partial charge in [0, 0.05) is 0 Å². The van der Waals surface area contributed by atoms with E-state index in [1.165, 1.54) is 37.7 Å². The van der Waals surface area contributed by atoms with E-state index in [1.54, 1.807) is 0 Å². The monoisotopic (exact) mass is 536 g/mol. The third-order valence-corrected chi connectivity index (χ3v) is 6.86. The van der Waals surface area contributed by atoms with E-state index >= 15 is 0 Å². The van der Waals surface area contributed by atoms with Crippen LogP contribution in [0.15, 0.2) is 48.2 Å². The zero-order chi connectivity index (χ0) is 28.1. The van der Waals surface area contributed by atoms with E-state index in [2.05, 4.69) is 39.8 Å². The van der Waals surface area contributed by atoms with E-state index in [-0.39, 0.29) is 5.78 Å². The van der Waals surface area contributed by atoms with E-state index < -0.39 is 0 Å². The second-order valence-corrected chi connectivity index (χ2v) is 10.3. The van der Waals surface area contributed by atoms with Gasteiger partial charge in [-0.2, -0.15) is 0 Å².